The van der Waals surface area contributed by atoms with Crippen molar-refractivity contribution in [3.8, 4) is 5.75 Å². The minimum Gasteiger partial charge on any atom is -0.494 e. The number of anilines is 1. The average Bonchev–Trinajstić information content (AvgIpc) is 3.02. The van der Waals surface area contributed by atoms with Crippen LogP contribution in [0.2, 0.25) is 0 Å². The van der Waals surface area contributed by atoms with Gasteiger partial charge in [-0.05, 0) is 43.7 Å². The number of benzene rings is 1. The number of aryl methyl sites for hydroxylation is 1. The summed E-state index contributed by atoms with van der Waals surface area (Å²) in [5.41, 5.74) is 1.91. The topological polar surface area (TPSA) is 68.6 Å². The highest BCUT2D eigenvalue weighted by atomic mass is 16.5. The predicted molar refractivity (Wildman–Crippen MR) is 99.4 cm³/mol. The highest BCUT2D eigenvalue weighted by molar-refractivity contribution is 5.92. The molecule has 0 saturated carbocycles. The molecule has 0 spiro atoms. The summed E-state index contributed by atoms with van der Waals surface area (Å²) in [5, 5.41) is 7.23. The van der Waals surface area contributed by atoms with Crippen molar-refractivity contribution in [1.82, 2.24) is 14.7 Å². The van der Waals surface area contributed by atoms with Gasteiger partial charge in [0.25, 0.3) is 0 Å². The smallest absolute Gasteiger partial charge is 0.238 e. The van der Waals surface area contributed by atoms with Crippen molar-refractivity contribution in [2.45, 2.75) is 26.5 Å². The summed E-state index contributed by atoms with van der Waals surface area (Å²) in [6.45, 7) is 7.74. The molecular formula is C19H26N4O3. The third-order valence-corrected chi connectivity index (χ3v) is 4.19. The first-order valence-electron chi connectivity index (χ1n) is 8.98. The molecule has 1 atom stereocenters. The molecule has 1 fully saturated rings. The quantitative estimate of drug-likeness (QED) is 0.819. The van der Waals surface area contributed by atoms with Gasteiger partial charge < -0.3 is 14.8 Å². The monoisotopic (exact) mass is 358 g/mol. The molecule has 1 aromatic carbocycles. The molecule has 3 rings (SSSR count). The predicted octanol–water partition coefficient (Wildman–Crippen LogP) is 1.93. The van der Waals surface area contributed by atoms with E-state index in [-0.39, 0.29) is 12.0 Å². The molecule has 26 heavy (non-hydrogen) atoms. The number of nitrogens with zero attached hydrogens (tertiary/aromatic N) is 3. The Hall–Kier alpha value is -2.38. The first-order valence-corrected chi connectivity index (χ1v) is 8.98. The molecule has 1 aliphatic heterocycles. The van der Waals surface area contributed by atoms with E-state index in [1.54, 1.807) is 0 Å². The van der Waals surface area contributed by atoms with Crippen molar-refractivity contribution in [3.05, 3.63) is 42.2 Å². The van der Waals surface area contributed by atoms with Crippen molar-refractivity contribution in [2.75, 3.05) is 38.2 Å². The number of amides is 1. The lowest BCUT2D eigenvalue weighted by atomic mass is 10.2. The average molecular weight is 358 g/mol. The molecule has 0 aliphatic carbocycles. The standard InChI is InChI=1S/C19H26N4O3/c1-3-25-17-6-4-16(5-7-17)21-19(24)14-22-8-9-26-18(12-22)13-23-11-15(2)10-20-23/h4-7,10-11,18H,3,8-9,12-14H2,1-2H3,(H,21,24). The number of hydrogen-bond donors (Lipinski definition) is 1. The number of hydrogen-bond acceptors (Lipinski definition) is 5. The summed E-state index contributed by atoms with van der Waals surface area (Å²) in [5.74, 6) is 0.778. The van der Waals surface area contributed by atoms with E-state index in [0.29, 0.717) is 26.3 Å². The van der Waals surface area contributed by atoms with Crippen LogP contribution in [0.3, 0.4) is 0 Å². The van der Waals surface area contributed by atoms with Crippen LogP contribution in [0.25, 0.3) is 0 Å². The minimum absolute atomic E-state index is 0.0234. The van der Waals surface area contributed by atoms with Gasteiger partial charge in [0, 0.05) is 25.0 Å². The van der Waals surface area contributed by atoms with Crippen LogP contribution in [0.5, 0.6) is 5.75 Å². The Morgan fingerprint density at radius 3 is 2.88 bits per heavy atom. The third-order valence-electron chi connectivity index (χ3n) is 4.19. The van der Waals surface area contributed by atoms with Crippen LogP contribution in [-0.4, -0.2) is 59.5 Å². The Morgan fingerprint density at radius 2 is 2.19 bits per heavy atom. The Morgan fingerprint density at radius 1 is 1.38 bits per heavy atom. The molecule has 1 aromatic heterocycles. The molecule has 1 amide bonds. The van der Waals surface area contributed by atoms with Crippen molar-refractivity contribution in [3.63, 3.8) is 0 Å². The van der Waals surface area contributed by atoms with Crippen LogP contribution < -0.4 is 10.1 Å². The summed E-state index contributed by atoms with van der Waals surface area (Å²) >= 11 is 0. The molecule has 7 nitrogen and oxygen atoms in total. The van der Waals surface area contributed by atoms with Crippen LogP contribution in [0.4, 0.5) is 5.69 Å². The molecular weight excluding hydrogens is 332 g/mol. The van der Waals surface area contributed by atoms with Gasteiger partial charge in [0.2, 0.25) is 5.91 Å². The highest BCUT2D eigenvalue weighted by Gasteiger charge is 2.22. The summed E-state index contributed by atoms with van der Waals surface area (Å²) in [7, 11) is 0. The Balaban J connectivity index is 1.47. The second-order valence-corrected chi connectivity index (χ2v) is 6.47. The normalized spacial score (nSPS) is 17.8. The van der Waals surface area contributed by atoms with Gasteiger partial charge in [-0.1, -0.05) is 0 Å². The molecule has 0 bridgehead atoms. The van der Waals surface area contributed by atoms with E-state index in [0.717, 1.165) is 30.1 Å². The van der Waals surface area contributed by atoms with Gasteiger partial charge in [0.1, 0.15) is 5.75 Å². The summed E-state index contributed by atoms with van der Waals surface area (Å²) in [4.78, 5) is 14.4. The number of morpholine rings is 1. The molecule has 2 heterocycles. The summed E-state index contributed by atoms with van der Waals surface area (Å²) < 4.78 is 13.1. The first kappa shape index (κ1) is 18.4. The van der Waals surface area contributed by atoms with E-state index in [4.69, 9.17) is 9.47 Å². The molecule has 1 N–H and O–H groups in total. The molecule has 7 heteroatoms. The molecule has 1 aliphatic rings. The minimum atomic E-state index is -0.0234. The van der Waals surface area contributed by atoms with Crippen LogP contribution in [-0.2, 0) is 16.1 Å². The second kappa shape index (κ2) is 8.82. The van der Waals surface area contributed by atoms with Crippen LogP contribution in [0, 0.1) is 6.92 Å². The van der Waals surface area contributed by atoms with E-state index in [9.17, 15) is 4.79 Å². The van der Waals surface area contributed by atoms with Gasteiger partial charge in [0.15, 0.2) is 0 Å². The van der Waals surface area contributed by atoms with Crippen LogP contribution >= 0.6 is 0 Å². The second-order valence-electron chi connectivity index (χ2n) is 6.47. The fourth-order valence-electron chi connectivity index (χ4n) is 3.01. The highest BCUT2D eigenvalue weighted by Crippen LogP contribution is 2.16. The lowest BCUT2D eigenvalue weighted by Crippen LogP contribution is -2.47. The zero-order valence-corrected chi connectivity index (χ0v) is 15.4. The molecule has 1 saturated heterocycles. The molecule has 140 valence electrons. The maximum atomic E-state index is 12.3. The van der Waals surface area contributed by atoms with E-state index in [1.165, 1.54) is 0 Å². The van der Waals surface area contributed by atoms with Gasteiger partial charge in [-0.15, -0.1) is 0 Å². The summed E-state index contributed by atoms with van der Waals surface area (Å²) in [6.07, 6.45) is 3.88. The number of ether oxygens (including phenoxy) is 2. The van der Waals surface area contributed by atoms with Gasteiger partial charge in [-0.25, -0.2) is 0 Å². The van der Waals surface area contributed by atoms with Gasteiger partial charge in [0.05, 0.1) is 38.6 Å². The maximum Gasteiger partial charge on any atom is 0.238 e. The third kappa shape index (κ3) is 5.31. The van der Waals surface area contributed by atoms with Crippen molar-refractivity contribution in [2.24, 2.45) is 0 Å². The van der Waals surface area contributed by atoms with Gasteiger partial charge >= 0.3 is 0 Å². The lowest BCUT2D eigenvalue weighted by Gasteiger charge is -2.32. The number of carbonyl (C=O) groups is 1. The van der Waals surface area contributed by atoms with E-state index >= 15 is 0 Å². The van der Waals surface area contributed by atoms with Crippen molar-refractivity contribution < 1.29 is 14.3 Å². The van der Waals surface area contributed by atoms with E-state index in [2.05, 4.69) is 15.3 Å². The van der Waals surface area contributed by atoms with Gasteiger partial charge in [-0.2, -0.15) is 5.10 Å². The largest absolute Gasteiger partial charge is 0.494 e. The Labute approximate surface area is 153 Å². The van der Waals surface area contributed by atoms with Gasteiger partial charge in [-0.3, -0.25) is 14.4 Å². The molecule has 1 unspecified atom stereocenters. The SMILES string of the molecule is CCOc1ccc(NC(=O)CN2CCOC(Cn3cc(C)cn3)C2)cc1. The zero-order chi connectivity index (χ0) is 18.4. The fraction of sp³-hybridized carbons (Fsp3) is 0.474. The number of aromatic nitrogens is 2. The zero-order valence-electron chi connectivity index (χ0n) is 15.4. The van der Waals surface area contributed by atoms with Crippen LogP contribution in [0.15, 0.2) is 36.7 Å². The van der Waals surface area contributed by atoms with Crippen LogP contribution in [0.1, 0.15) is 12.5 Å². The maximum absolute atomic E-state index is 12.3. The number of rotatable bonds is 7. The lowest BCUT2D eigenvalue weighted by molar-refractivity contribution is -0.119. The number of nitrogens with one attached hydrogen (secondary N) is 1. The van der Waals surface area contributed by atoms with Crippen molar-refractivity contribution >= 4 is 11.6 Å². The number of carbonyl (C=O) groups excluding carboxylic acids is 1. The van der Waals surface area contributed by atoms with Crippen molar-refractivity contribution in [1.29, 1.82) is 0 Å². The van der Waals surface area contributed by atoms with E-state index in [1.807, 2.05) is 55.2 Å². The molecule has 0 radical (unpaired) electrons. The first-order chi connectivity index (χ1) is 12.6. The van der Waals surface area contributed by atoms with E-state index < -0.39 is 0 Å². The molecule has 2 aromatic rings. The summed E-state index contributed by atoms with van der Waals surface area (Å²) in [6, 6.07) is 7.42. The Bertz CT molecular complexity index is 714. The fourth-order valence-corrected chi connectivity index (χ4v) is 3.01. The Kier molecular flexibility index (Phi) is 6.25.